The first-order valence-corrected chi connectivity index (χ1v) is 3.32. The predicted molar refractivity (Wildman–Crippen MR) is 35.1 cm³/mol. The first-order chi connectivity index (χ1) is 4.18. The van der Waals surface area contributed by atoms with Gasteiger partial charge in [0.15, 0.2) is 0 Å². The third-order valence-electron chi connectivity index (χ3n) is 1.46. The molecule has 0 aromatic carbocycles. The SMILES string of the molecule is CCCC(O)(CC)NO. The average Bonchev–Trinajstić information content (AvgIpc) is 1.89. The molecule has 0 amide bonds. The van der Waals surface area contributed by atoms with Gasteiger partial charge in [-0.15, -0.1) is 0 Å². The van der Waals surface area contributed by atoms with E-state index in [1.165, 1.54) is 0 Å². The predicted octanol–water partition coefficient (Wildman–Crippen LogP) is 0.864. The maximum Gasteiger partial charge on any atom is 0.137 e. The molecule has 0 bridgehead atoms. The fraction of sp³-hybridized carbons (Fsp3) is 1.00. The van der Waals surface area contributed by atoms with Crippen LogP contribution in [-0.2, 0) is 0 Å². The van der Waals surface area contributed by atoms with Crippen LogP contribution in [0.15, 0.2) is 0 Å². The molecule has 0 radical (unpaired) electrons. The molecule has 0 rings (SSSR count). The maximum atomic E-state index is 9.27. The standard InChI is InChI=1S/C6H15NO2/c1-3-5-6(8,4-2)7-9/h7-9H,3-5H2,1-2H3. The molecule has 0 saturated carbocycles. The number of rotatable bonds is 4. The number of hydrogen-bond acceptors (Lipinski definition) is 3. The first kappa shape index (κ1) is 8.88. The summed E-state index contributed by atoms with van der Waals surface area (Å²) >= 11 is 0. The van der Waals surface area contributed by atoms with Crippen molar-refractivity contribution in [3.8, 4) is 0 Å². The number of nitrogens with one attached hydrogen (secondary N) is 1. The van der Waals surface area contributed by atoms with Gasteiger partial charge in [-0.05, 0) is 12.8 Å². The Bertz CT molecular complexity index is 71.5. The molecule has 9 heavy (non-hydrogen) atoms. The van der Waals surface area contributed by atoms with Crippen LogP contribution in [-0.4, -0.2) is 16.0 Å². The maximum absolute atomic E-state index is 9.27. The Morgan fingerprint density at radius 3 is 2.11 bits per heavy atom. The molecule has 0 fully saturated rings. The molecular weight excluding hydrogens is 118 g/mol. The summed E-state index contributed by atoms with van der Waals surface area (Å²) in [6.45, 7) is 3.77. The van der Waals surface area contributed by atoms with Crippen molar-refractivity contribution in [1.82, 2.24) is 5.48 Å². The van der Waals surface area contributed by atoms with Gasteiger partial charge in [0.2, 0.25) is 0 Å². The molecule has 3 nitrogen and oxygen atoms in total. The largest absolute Gasteiger partial charge is 0.374 e. The van der Waals surface area contributed by atoms with Gasteiger partial charge >= 0.3 is 0 Å². The minimum atomic E-state index is -1.06. The highest BCUT2D eigenvalue weighted by atomic mass is 16.5. The van der Waals surface area contributed by atoms with Gasteiger partial charge < -0.3 is 10.3 Å². The Hall–Kier alpha value is -0.120. The van der Waals surface area contributed by atoms with E-state index in [0.717, 1.165) is 6.42 Å². The zero-order valence-corrected chi connectivity index (χ0v) is 6.02. The molecule has 0 aromatic rings. The van der Waals surface area contributed by atoms with Crippen LogP contribution in [0.25, 0.3) is 0 Å². The Morgan fingerprint density at radius 2 is 2.00 bits per heavy atom. The van der Waals surface area contributed by atoms with Crippen molar-refractivity contribution in [2.75, 3.05) is 0 Å². The summed E-state index contributed by atoms with van der Waals surface area (Å²) in [7, 11) is 0. The van der Waals surface area contributed by atoms with Crippen molar-refractivity contribution in [3.63, 3.8) is 0 Å². The number of aliphatic hydroxyl groups is 1. The highest BCUT2D eigenvalue weighted by Gasteiger charge is 2.20. The quantitative estimate of drug-likeness (QED) is 0.394. The summed E-state index contributed by atoms with van der Waals surface area (Å²) in [5.74, 6) is 0. The lowest BCUT2D eigenvalue weighted by Gasteiger charge is -2.23. The van der Waals surface area contributed by atoms with Gasteiger partial charge in [0.05, 0.1) is 0 Å². The molecule has 0 aliphatic rings. The summed E-state index contributed by atoms with van der Waals surface area (Å²) in [6.07, 6.45) is 1.97. The molecule has 0 saturated heterocycles. The Balaban J connectivity index is 3.62. The normalized spacial score (nSPS) is 17.3. The van der Waals surface area contributed by atoms with Crippen LogP contribution in [0, 0.1) is 0 Å². The molecule has 0 aliphatic heterocycles. The molecule has 1 atom stereocenters. The van der Waals surface area contributed by atoms with E-state index in [9.17, 15) is 5.11 Å². The zero-order chi connectivity index (χ0) is 7.33. The van der Waals surface area contributed by atoms with Crippen molar-refractivity contribution in [2.45, 2.75) is 38.8 Å². The fourth-order valence-corrected chi connectivity index (χ4v) is 0.725. The van der Waals surface area contributed by atoms with Crippen LogP contribution in [0.1, 0.15) is 33.1 Å². The highest BCUT2D eigenvalue weighted by molar-refractivity contribution is 4.67. The van der Waals surface area contributed by atoms with E-state index in [4.69, 9.17) is 5.21 Å². The van der Waals surface area contributed by atoms with E-state index in [1.807, 2.05) is 19.3 Å². The number of hydroxylamine groups is 1. The molecule has 0 spiro atoms. The molecule has 0 aromatic heterocycles. The second-order valence-electron chi connectivity index (χ2n) is 2.25. The molecule has 56 valence electrons. The zero-order valence-electron chi connectivity index (χ0n) is 6.02. The molecule has 0 aliphatic carbocycles. The second-order valence-corrected chi connectivity index (χ2v) is 2.25. The molecule has 1 unspecified atom stereocenters. The van der Waals surface area contributed by atoms with Crippen LogP contribution in [0.3, 0.4) is 0 Å². The van der Waals surface area contributed by atoms with E-state index >= 15 is 0 Å². The summed E-state index contributed by atoms with van der Waals surface area (Å²) in [6, 6.07) is 0. The van der Waals surface area contributed by atoms with Crippen molar-refractivity contribution in [2.24, 2.45) is 0 Å². The third kappa shape index (κ3) is 2.79. The van der Waals surface area contributed by atoms with Crippen LogP contribution in [0.2, 0.25) is 0 Å². The lowest BCUT2D eigenvalue weighted by molar-refractivity contribution is -0.101. The van der Waals surface area contributed by atoms with Crippen molar-refractivity contribution in [3.05, 3.63) is 0 Å². The van der Waals surface area contributed by atoms with Crippen LogP contribution in [0.4, 0.5) is 0 Å². The molecular formula is C6H15NO2. The first-order valence-electron chi connectivity index (χ1n) is 3.32. The van der Waals surface area contributed by atoms with E-state index < -0.39 is 5.72 Å². The lowest BCUT2D eigenvalue weighted by atomic mass is 10.1. The number of hydrogen-bond donors (Lipinski definition) is 3. The average molecular weight is 133 g/mol. The second kappa shape index (κ2) is 3.82. The Morgan fingerprint density at radius 1 is 1.44 bits per heavy atom. The van der Waals surface area contributed by atoms with E-state index in [2.05, 4.69) is 0 Å². The highest BCUT2D eigenvalue weighted by Crippen LogP contribution is 2.11. The Labute approximate surface area is 55.7 Å². The smallest absolute Gasteiger partial charge is 0.137 e. The van der Waals surface area contributed by atoms with Gasteiger partial charge in [-0.2, -0.15) is 5.48 Å². The summed E-state index contributed by atoms with van der Waals surface area (Å²) in [5, 5.41) is 17.7. The minimum Gasteiger partial charge on any atom is -0.374 e. The van der Waals surface area contributed by atoms with Gasteiger partial charge in [-0.25, -0.2) is 0 Å². The van der Waals surface area contributed by atoms with Crippen LogP contribution < -0.4 is 5.48 Å². The summed E-state index contributed by atoms with van der Waals surface area (Å²) in [4.78, 5) is 0. The third-order valence-corrected chi connectivity index (χ3v) is 1.46. The van der Waals surface area contributed by atoms with Crippen molar-refractivity contribution < 1.29 is 10.3 Å². The van der Waals surface area contributed by atoms with Gasteiger partial charge in [0.1, 0.15) is 5.72 Å². The van der Waals surface area contributed by atoms with Gasteiger partial charge in [0.25, 0.3) is 0 Å². The van der Waals surface area contributed by atoms with Gasteiger partial charge in [0, 0.05) is 0 Å². The Kier molecular flexibility index (Phi) is 3.77. The van der Waals surface area contributed by atoms with E-state index in [1.54, 1.807) is 0 Å². The summed E-state index contributed by atoms with van der Waals surface area (Å²) < 4.78 is 0. The van der Waals surface area contributed by atoms with Crippen molar-refractivity contribution in [1.29, 1.82) is 0 Å². The monoisotopic (exact) mass is 133 g/mol. The van der Waals surface area contributed by atoms with Gasteiger partial charge in [-0.3, -0.25) is 0 Å². The van der Waals surface area contributed by atoms with Crippen LogP contribution >= 0.6 is 0 Å². The van der Waals surface area contributed by atoms with E-state index in [-0.39, 0.29) is 0 Å². The fourth-order valence-electron chi connectivity index (χ4n) is 0.725. The molecule has 3 N–H and O–H groups in total. The van der Waals surface area contributed by atoms with Crippen molar-refractivity contribution >= 4 is 0 Å². The van der Waals surface area contributed by atoms with Crippen LogP contribution in [0.5, 0.6) is 0 Å². The molecule has 3 heteroatoms. The van der Waals surface area contributed by atoms with E-state index in [0.29, 0.717) is 12.8 Å². The molecule has 0 heterocycles. The van der Waals surface area contributed by atoms with Gasteiger partial charge in [-0.1, -0.05) is 20.3 Å². The lowest BCUT2D eigenvalue weighted by Crippen LogP contribution is -2.42. The summed E-state index contributed by atoms with van der Waals surface area (Å²) in [5.41, 5.74) is 0.824. The minimum absolute atomic E-state index is 0.525. The topological polar surface area (TPSA) is 52.5 Å².